The topological polar surface area (TPSA) is 111 Å². The fourth-order valence-electron chi connectivity index (χ4n) is 1.35. The molecule has 10 heteroatoms. The molecule has 22 heavy (non-hydrogen) atoms. The largest absolute Gasteiger partial charge is 0.464 e. The van der Waals surface area contributed by atoms with Crippen LogP contribution in [0.5, 0.6) is 5.75 Å². The number of esters is 1. The second kappa shape index (κ2) is 7.18. The Morgan fingerprint density at radius 1 is 1.41 bits per heavy atom. The first-order chi connectivity index (χ1) is 10.4. The minimum atomic E-state index is -0.589. The Morgan fingerprint density at radius 3 is 2.82 bits per heavy atom. The van der Waals surface area contributed by atoms with Crippen molar-refractivity contribution in [3.05, 3.63) is 28.3 Å². The summed E-state index contributed by atoms with van der Waals surface area (Å²) in [5.74, 6) is -0.203. The molecule has 0 aromatic carbocycles. The van der Waals surface area contributed by atoms with Crippen molar-refractivity contribution in [2.24, 2.45) is 0 Å². The molecule has 0 saturated heterocycles. The minimum absolute atomic E-state index is 0.148. The maximum Gasteiger partial charge on any atom is 0.308 e. The second-order valence-corrected chi connectivity index (χ2v) is 6.21. The summed E-state index contributed by atoms with van der Waals surface area (Å²) < 4.78 is 10.5. The summed E-state index contributed by atoms with van der Waals surface area (Å²) in [6.07, 6.45) is 1.10. The number of anilines is 1. The Hall–Kier alpha value is -2.20. The monoisotopic (exact) mass is 341 g/mol. The molecule has 1 amide bonds. The molecule has 0 unspecified atom stereocenters. The normalized spacial score (nSPS) is 10.3. The zero-order valence-electron chi connectivity index (χ0n) is 11.6. The number of amides is 1. The van der Waals surface area contributed by atoms with E-state index in [1.54, 1.807) is 0 Å². The highest BCUT2D eigenvalue weighted by Crippen LogP contribution is 2.28. The maximum absolute atomic E-state index is 11.7. The van der Waals surface area contributed by atoms with Crippen LogP contribution in [0, 0.1) is 0 Å². The number of carbonyl (C=O) groups excluding carboxylic acids is 2. The lowest BCUT2D eigenvalue weighted by Gasteiger charge is -2.01. The fourth-order valence-corrected chi connectivity index (χ4v) is 3.03. The third kappa shape index (κ3) is 4.67. The zero-order chi connectivity index (χ0) is 16.1. The molecule has 0 atom stereocenters. The first-order valence-corrected chi connectivity index (χ1v) is 7.78. The Kier molecular flexibility index (Phi) is 5.28. The van der Waals surface area contributed by atoms with Crippen molar-refractivity contribution in [1.82, 2.24) is 10.2 Å². The standard InChI is InChI=1S/C12H11N3O5S2/c1-6(16)13-11-14-15-12(22-11)21-5-8-3-9(18)10(4-19-8)20-7(2)17/h3-4H,5H2,1-2H3,(H,13,14,16). The molecule has 0 radical (unpaired) electrons. The Labute approximate surface area is 132 Å². The number of thioether (sulfide) groups is 1. The lowest BCUT2D eigenvalue weighted by atomic mass is 10.4. The van der Waals surface area contributed by atoms with E-state index in [-0.39, 0.29) is 11.7 Å². The molecule has 0 fully saturated rings. The van der Waals surface area contributed by atoms with Crippen LogP contribution in [0.4, 0.5) is 5.13 Å². The number of nitrogens with zero attached hydrogens (tertiary/aromatic N) is 2. The SMILES string of the molecule is CC(=O)Nc1nnc(SCc2cc(=O)c(OC(C)=O)co2)s1. The second-order valence-electron chi connectivity index (χ2n) is 4.01. The molecule has 116 valence electrons. The third-order valence-corrected chi connectivity index (χ3v) is 4.13. The number of rotatable bonds is 5. The highest BCUT2D eigenvalue weighted by atomic mass is 32.2. The van der Waals surface area contributed by atoms with Gasteiger partial charge in [0.15, 0.2) is 4.34 Å². The van der Waals surface area contributed by atoms with Gasteiger partial charge in [0, 0.05) is 19.9 Å². The molecule has 8 nitrogen and oxygen atoms in total. The average molecular weight is 341 g/mol. The van der Waals surface area contributed by atoms with E-state index in [0.29, 0.717) is 21.0 Å². The number of hydrogen-bond acceptors (Lipinski definition) is 9. The number of ether oxygens (including phenoxy) is 1. The van der Waals surface area contributed by atoms with Crippen molar-refractivity contribution < 1.29 is 18.7 Å². The van der Waals surface area contributed by atoms with Crippen molar-refractivity contribution in [1.29, 1.82) is 0 Å². The van der Waals surface area contributed by atoms with E-state index in [0.717, 1.165) is 6.26 Å². The van der Waals surface area contributed by atoms with Crippen LogP contribution in [0.3, 0.4) is 0 Å². The Balaban J connectivity index is 1.98. The molecule has 2 rings (SSSR count). The van der Waals surface area contributed by atoms with Crippen molar-refractivity contribution in [3.63, 3.8) is 0 Å². The lowest BCUT2D eigenvalue weighted by Crippen LogP contribution is -2.11. The first-order valence-electron chi connectivity index (χ1n) is 5.98. The van der Waals surface area contributed by atoms with E-state index in [9.17, 15) is 14.4 Å². The molecule has 0 aliphatic heterocycles. The Morgan fingerprint density at radius 2 is 2.18 bits per heavy atom. The van der Waals surface area contributed by atoms with Gasteiger partial charge in [-0.3, -0.25) is 14.4 Å². The minimum Gasteiger partial charge on any atom is -0.464 e. The quantitative estimate of drug-likeness (QED) is 0.496. The maximum atomic E-state index is 11.7. The predicted molar refractivity (Wildman–Crippen MR) is 80.1 cm³/mol. The molecule has 0 aliphatic rings. The van der Waals surface area contributed by atoms with Gasteiger partial charge in [0.2, 0.25) is 22.2 Å². The molecular weight excluding hydrogens is 330 g/mol. The molecular formula is C12H11N3O5S2. The summed E-state index contributed by atoms with van der Waals surface area (Å²) in [4.78, 5) is 33.4. The van der Waals surface area contributed by atoms with Gasteiger partial charge in [-0.1, -0.05) is 23.1 Å². The summed E-state index contributed by atoms with van der Waals surface area (Å²) in [7, 11) is 0. The van der Waals surface area contributed by atoms with Crippen LogP contribution in [0.2, 0.25) is 0 Å². The van der Waals surface area contributed by atoms with Crippen molar-refractivity contribution in [3.8, 4) is 5.75 Å². The van der Waals surface area contributed by atoms with Gasteiger partial charge >= 0.3 is 5.97 Å². The molecule has 1 N–H and O–H groups in total. The number of nitrogens with one attached hydrogen (secondary N) is 1. The van der Waals surface area contributed by atoms with Gasteiger partial charge in [-0.25, -0.2) is 0 Å². The van der Waals surface area contributed by atoms with Crippen LogP contribution >= 0.6 is 23.1 Å². The molecule has 0 aliphatic carbocycles. The summed E-state index contributed by atoms with van der Waals surface area (Å²) >= 11 is 2.52. The summed E-state index contributed by atoms with van der Waals surface area (Å²) in [5.41, 5.74) is -0.437. The van der Waals surface area contributed by atoms with Gasteiger partial charge in [0.1, 0.15) is 12.0 Å². The zero-order valence-corrected chi connectivity index (χ0v) is 13.2. The van der Waals surface area contributed by atoms with Crippen molar-refractivity contribution in [2.45, 2.75) is 23.9 Å². The van der Waals surface area contributed by atoms with Gasteiger partial charge in [-0.15, -0.1) is 10.2 Å². The number of hydrogen-bond donors (Lipinski definition) is 1. The highest BCUT2D eigenvalue weighted by molar-refractivity contribution is 8.00. The van der Waals surface area contributed by atoms with Crippen LogP contribution in [-0.2, 0) is 15.3 Å². The van der Waals surface area contributed by atoms with Crippen molar-refractivity contribution >= 4 is 40.1 Å². The molecule has 0 bridgehead atoms. The fraction of sp³-hybridized carbons (Fsp3) is 0.250. The van der Waals surface area contributed by atoms with Gasteiger partial charge in [-0.2, -0.15) is 0 Å². The predicted octanol–water partition coefficient (Wildman–Crippen LogP) is 1.67. The van der Waals surface area contributed by atoms with Crippen molar-refractivity contribution in [2.75, 3.05) is 5.32 Å². The van der Waals surface area contributed by atoms with Gasteiger partial charge in [-0.05, 0) is 0 Å². The van der Waals surface area contributed by atoms with Gasteiger partial charge < -0.3 is 14.5 Å². The van der Waals surface area contributed by atoms with E-state index in [2.05, 4.69) is 15.5 Å². The summed E-state index contributed by atoms with van der Waals surface area (Å²) in [6, 6.07) is 1.25. The first kappa shape index (κ1) is 16.2. The number of aromatic nitrogens is 2. The third-order valence-electron chi connectivity index (χ3n) is 2.13. The van der Waals surface area contributed by atoms with Gasteiger partial charge in [0.25, 0.3) is 0 Å². The van der Waals surface area contributed by atoms with Crippen LogP contribution in [0.25, 0.3) is 0 Å². The van der Waals surface area contributed by atoms with Crippen LogP contribution in [-0.4, -0.2) is 22.1 Å². The smallest absolute Gasteiger partial charge is 0.308 e. The average Bonchev–Trinajstić information content (AvgIpc) is 2.85. The number of carbonyl (C=O) groups is 2. The summed E-state index contributed by atoms with van der Waals surface area (Å²) in [6.45, 7) is 2.58. The van der Waals surface area contributed by atoms with E-state index in [1.807, 2.05) is 0 Å². The highest BCUT2D eigenvalue weighted by Gasteiger charge is 2.10. The summed E-state index contributed by atoms with van der Waals surface area (Å²) in [5, 5.41) is 10.6. The van der Waals surface area contributed by atoms with Crippen LogP contribution in [0.1, 0.15) is 19.6 Å². The Bertz CT molecular complexity index is 755. The van der Waals surface area contributed by atoms with Crippen LogP contribution < -0.4 is 15.5 Å². The lowest BCUT2D eigenvalue weighted by molar-refractivity contribution is -0.132. The molecule has 2 aromatic rings. The molecule has 2 aromatic heterocycles. The molecule has 2 heterocycles. The van der Waals surface area contributed by atoms with E-state index in [1.165, 1.54) is 43.0 Å². The van der Waals surface area contributed by atoms with E-state index in [4.69, 9.17) is 9.15 Å². The van der Waals surface area contributed by atoms with E-state index >= 15 is 0 Å². The molecule has 0 saturated carbocycles. The van der Waals surface area contributed by atoms with E-state index < -0.39 is 11.4 Å². The van der Waals surface area contributed by atoms with Crippen LogP contribution in [0.15, 0.2) is 25.9 Å². The molecule has 0 spiro atoms. The van der Waals surface area contributed by atoms with Gasteiger partial charge in [0.05, 0.1) is 5.75 Å².